The van der Waals surface area contributed by atoms with Crippen molar-refractivity contribution in [3.05, 3.63) is 130 Å². The summed E-state index contributed by atoms with van der Waals surface area (Å²) >= 11 is 0. The minimum absolute atomic E-state index is 0.0601. The van der Waals surface area contributed by atoms with Gasteiger partial charge in [-0.1, -0.05) is 138 Å². The van der Waals surface area contributed by atoms with Gasteiger partial charge in [0.25, 0.3) is 0 Å². The lowest BCUT2D eigenvalue weighted by Crippen LogP contribution is -2.34. The van der Waals surface area contributed by atoms with E-state index in [4.69, 9.17) is 28.4 Å². The molecule has 7 heteroatoms. The van der Waals surface area contributed by atoms with Gasteiger partial charge in [-0.05, 0) is 180 Å². The van der Waals surface area contributed by atoms with E-state index in [1.54, 1.807) is 13.2 Å². The molecule has 0 N–H and O–H groups in total. The maximum Gasteiger partial charge on any atom is 0.126 e. The lowest BCUT2D eigenvalue weighted by Gasteiger charge is -2.35. The maximum atomic E-state index is 13.8. The van der Waals surface area contributed by atoms with Gasteiger partial charge >= 0.3 is 0 Å². The molecular formula is C66H99FO6. The highest BCUT2D eigenvalue weighted by Gasteiger charge is 2.29. The fourth-order valence-electron chi connectivity index (χ4n) is 10.2. The summed E-state index contributed by atoms with van der Waals surface area (Å²) in [6.07, 6.45) is 12.7. The summed E-state index contributed by atoms with van der Waals surface area (Å²) in [5.41, 5.74) is 9.65. The molecule has 8 rings (SSSR count). The zero-order chi connectivity index (χ0) is 53.5. The summed E-state index contributed by atoms with van der Waals surface area (Å²) in [5.74, 6) is 4.09. The van der Waals surface area contributed by atoms with Crippen LogP contribution in [0.5, 0.6) is 11.5 Å². The number of methoxy groups -OCH3 is 1. The Labute approximate surface area is 444 Å². The van der Waals surface area contributed by atoms with Gasteiger partial charge < -0.3 is 28.4 Å². The molecule has 0 amide bonds. The molecule has 1 atom stereocenters. The molecule has 6 nitrogen and oxygen atoms in total. The molecule has 0 bridgehead atoms. The van der Waals surface area contributed by atoms with Crippen molar-refractivity contribution in [1.29, 1.82) is 0 Å². The lowest BCUT2D eigenvalue weighted by atomic mass is 9.82. The highest BCUT2D eigenvalue weighted by Crippen LogP contribution is 2.34. The van der Waals surface area contributed by atoms with Crippen LogP contribution in [0.1, 0.15) is 187 Å². The quantitative estimate of drug-likeness (QED) is 0.167. The molecule has 4 aromatic carbocycles. The second kappa shape index (κ2) is 27.3. The SMILES string of the molecule is CC(C)(C)c1cc(CC2CCOCC2)ccc1F.CC(C)(C)c1ccc(OC2CCOCC2)cc1.CC1(C)CC(Cc2cccc(C(C)(C)C)c2)CCO1.COc1cc(CC2CCOCC2)cc(C(C)(C)C)c1. The van der Waals surface area contributed by atoms with E-state index in [0.717, 1.165) is 114 Å². The number of hydrogen-bond acceptors (Lipinski definition) is 6. The Balaban J connectivity index is 0.000000181. The minimum atomic E-state index is -0.129. The molecule has 406 valence electrons. The van der Waals surface area contributed by atoms with E-state index < -0.39 is 0 Å². The van der Waals surface area contributed by atoms with E-state index in [1.165, 1.54) is 65.5 Å². The van der Waals surface area contributed by atoms with Crippen LogP contribution in [0, 0.1) is 23.6 Å². The maximum absolute atomic E-state index is 13.8. The minimum Gasteiger partial charge on any atom is -0.497 e. The molecule has 0 aromatic heterocycles. The first-order valence-electron chi connectivity index (χ1n) is 28.0. The van der Waals surface area contributed by atoms with Gasteiger partial charge in [0.05, 0.1) is 25.9 Å². The first kappa shape index (κ1) is 60.1. The van der Waals surface area contributed by atoms with Crippen molar-refractivity contribution in [2.45, 2.75) is 201 Å². The van der Waals surface area contributed by atoms with Crippen LogP contribution in [-0.4, -0.2) is 65.1 Å². The van der Waals surface area contributed by atoms with Gasteiger partial charge in [-0.25, -0.2) is 4.39 Å². The summed E-state index contributed by atoms with van der Waals surface area (Å²) in [5, 5.41) is 0. The molecule has 1 unspecified atom stereocenters. The van der Waals surface area contributed by atoms with E-state index in [-0.39, 0.29) is 33.1 Å². The topological polar surface area (TPSA) is 55.4 Å². The van der Waals surface area contributed by atoms with Gasteiger partial charge in [0.1, 0.15) is 23.4 Å². The molecule has 0 aliphatic carbocycles. The van der Waals surface area contributed by atoms with Crippen LogP contribution in [0.25, 0.3) is 0 Å². The molecule has 4 saturated heterocycles. The third-order valence-electron chi connectivity index (χ3n) is 14.9. The van der Waals surface area contributed by atoms with Gasteiger partial charge in [-0.2, -0.15) is 0 Å². The molecular weight excluding hydrogens is 908 g/mol. The monoisotopic (exact) mass is 1010 g/mol. The van der Waals surface area contributed by atoms with Gasteiger partial charge in [-0.15, -0.1) is 0 Å². The Morgan fingerprint density at radius 2 is 0.973 bits per heavy atom. The average Bonchev–Trinajstić information content (AvgIpc) is 3.32. The summed E-state index contributed by atoms with van der Waals surface area (Å²) in [6.45, 7) is 37.0. The Hall–Kier alpha value is -3.75. The number of rotatable bonds is 9. The second-order valence-electron chi connectivity index (χ2n) is 26.2. The Bertz CT molecular complexity index is 2220. The van der Waals surface area contributed by atoms with Crippen molar-refractivity contribution in [2.24, 2.45) is 17.8 Å². The number of hydrogen-bond donors (Lipinski definition) is 0. The van der Waals surface area contributed by atoms with E-state index in [2.05, 4.69) is 164 Å². The van der Waals surface area contributed by atoms with Crippen molar-refractivity contribution in [3.63, 3.8) is 0 Å². The summed E-state index contributed by atoms with van der Waals surface area (Å²) in [4.78, 5) is 0. The lowest BCUT2D eigenvalue weighted by molar-refractivity contribution is -0.0721. The standard InChI is InChI=1S/C18H28O.C17H26O2.C16H23FO.C15H22O2/c1-17(2,3)16-8-6-7-14(12-16)11-15-9-10-19-18(4,5)13-15;1-17(2,3)15-10-14(11-16(12-15)18-4)9-13-5-7-19-8-6-13;1-16(2,3)14-11-13(4-5-15(14)17)10-12-6-8-18-9-7-12;1-15(2,3)12-4-6-13(7-5-12)17-14-8-10-16-11-9-14/h6-8,12,15H,9-11,13H2,1-5H3;10-13H,5-9H2,1-4H3;4-5,11-12H,6-10H2,1-3H3;4-7,14H,8-11H2,1-3H3. The van der Waals surface area contributed by atoms with E-state index in [0.29, 0.717) is 12.0 Å². The Morgan fingerprint density at radius 1 is 0.479 bits per heavy atom. The van der Waals surface area contributed by atoms with Crippen LogP contribution in [0.4, 0.5) is 4.39 Å². The van der Waals surface area contributed by atoms with Gasteiger partial charge in [0.15, 0.2) is 0 Å². The van der Waals surface area contributed by atoms with Gasteiger partial charge in [0.2, 0.25) is 0 Å². The smallest absolute Gasteiger partial charge is 0.126 e. The van der Waals surface area contributed by atoms with Crippen LogP contribution >= 0.6 is 0 Å². The number of ether oxygens (including phenoxy) is 6. The summed E-state index contributed by atoms with van der Waals surface area (Å²) in [7, 11) is 1.75. The second-order valence-corrected chi connectivity index (χ2v) is 26.2. The van der Waals surface area contributed by atoms with E-state index >= 15 is 0 Å². The zero-order valence-corrected chi connectivity index (χ0v) is 48.4. The normalized spacial score (nSPS) is 19.3. The Kier molecular flexibility index (Phi) is 22.5. The van der Waals surface area contributed by atoms with Crippen LogP contribution in [0.2, 0.25) is 0 Å². The highest BCUT2D eigenvalue weighted by atomic mass is 19.1. The summed E-state index contributed by atoms with van der Waals surface area (Å²) < 4.78 is 47.2. The molecule has 0 radical (unpaired) electrons. The fraction of sp³-hybridized carbons (Fsp3) is 0.636. The number of benzene rings is 4. The van der Waals surface area contributed by atoms with Crippen LogP contribution < -0.4 is 9.47 Å². The first-order chi connectivity index (χ1) is 34.3. The first-order valence-corrected chi connectivity index (χ1v) is 28.0. The third kappa shape index (κ3) is 21.1. The van der Waals surface area contributed by atoms with E-state index in [1.807, 2.05) is 12.1 Å². The summed E-state index contributed by atoms with van der Waals surface area (Å²) in [6, 6.07) is 29.9. The van der Waals surface area contributed by atoms with Gasteiger partial charge in [0, 0.05) is 45.9 Å². The van der Waals surface area contributed by atoms with Gasteiger partial charge in [-0.3, -0.25) is 0 Å². The van der Waals surface area contributed by atoms with Crippen LogP contribution in [0.15, 0.2) is 84.9 Å². The molecule has 4 aliphatic rings. The zero-order valence-electron chi connectivity index (χ0n) is 48.4. The van der Waals surface area contributed by atoms with Crippen molar-refractivity contribution in [1.82, 2.24) is 0 Å². The molecule has 0 spiro atoms. The fourth-order valence-corrected chi connectivity index (χ4v) is 10.2. The van der Waals surface area contributed by atoms with Crippen LogP contribution in [-0.2, 0) is 59.9 Å². The molecule has 0 saturated carbocycles. The predicted octanol–water partition coefficient (Wildman–Crippen LogP) is 16.3. The van der Waals surface area contributed by atoms with Crippen LogP contribution in [0.3, 0.4) is 0 Å². The van der Waals surface area contributed by atoms with E-state index in [9.17, 15) is 4.39 Å². The highest BCUT2D eigenvalue weighted by molar-refractivity contribution is 5.38. The molecule has 4 heterocycles. The third-order valence-corrected chi connectivity index (χ3v) is 14.9. The molecule has 4 aromatic rings. The van der Waals surface area contributed by atoms with Crippen molar-refractivity contribution < 1.29 is 32.8 Å². The van der Waals surface area contributed by atoms with Crippen molar-refractivity contribution in [2.75, 3.05) is 53.4 Å². The molecule has 4 fully saturated rings. The number of halogens is 1. The molecule has 4 aliphatic heterocycles. The largest absolute Gasteiger partial charge is 0.497 e. The molecule has 73 heavy (non-hydrogen) atoms. The Morgan fingerprint density at radius 3 is 1.49 bits per heavy atom. The van der Waals surface area contributed by atoms with Crippen molar-refractivity contribution in [3.8, 4) is 11.5 Å². The van der Waals surface area contributed by atoms with Crippen molar-refractivity contribution >= 4 is 0 Å². The average molecular weight is 1010 g/mol. The predicted molar refractivity (Wildman–Crippen MR) is 302 cm³/mol.